The summed E-state index contributed by atoms with van der Waals surface area (Å²) < 4.78 is 2.70. The van der Waals surface area contributed by atoms with Crippen molar-refractivity contribution in [3.05, 3.63) is 44.2 Å². The molecule has 0 aliphatic carbocycles. The Labute approximate surface area is 118 Å². The van der Waals surface area contributed by atoms with Gasteiger partial charge in [0.1, 0.15) is 0 Å². The van der Waals surface area contributed by atoms with E-state index in [1.807, 2.05) is 31.4 Å². The van der Waals surface area contributed by atoms with E-state index < -0.39 is 0 Å². The van der Waals surface area contributed by atoms with Crippen LogP contribution in [0, 0.1) is 3.57 Å². The number of nitrogens with two attached hydrogens (primary N) is 1. The molecule has 0 fully saturated rings. The molecule has 2 aromatic rings. The summed E-state index contributed by atoms with van der Waals surface area (Å²) in [6.45, 7) is 0. The summed E-state index contributed by atoms with van der Waals surface area (Å²) in [5.41, 5.74) is 8.02. The standard InChI is InChI=1S/C11H12ClIN4/c1-17-6-8(15-16-17)5-11(14)7-2-3-10(13)9(12)4-7/h2-4,6,11H,5,14H2,1H3. The summed E-state index contributed by atoms with van der Waals surface area (Å²) in [4.78, 5) is 0. The fourth-order valence-corrected chi connectivity index (χ4v) is 2.10. The first-order chi connectivity index (χ1) is 8.06. The molecule has 0 amide bonds. The van der Waals surface area contributed by atoms with Gasteiger partial charge in [0.05, 0.1) is 10.7 Å². The Hall–Kier alpha value is -0.660. The first-order valence-corrected chi connectivity index (χ1v) is 6.57. The van der Waals surface area contributed by atoms with Crippen molar-refractivity contribution in [3.8, 4) is 0 Å². The molecule has 0 spiro atoms. The molecule has 1 atom stereocenters. The van der Waals surface area contributed by atoms with Gasteiger partial charge >= 0.3 is 0 Å². The second-order valence-corrected chi connectivity index (χ2v) is 5.44. The van der Waals surface area contributed by atoms with Gasteiger partial charge < -0.3 is 5.73 Å². The molecule has 0 aliphatic rings. The summed E-state index contributed by atoms with van der Waals surface area (Å²) in [5.74, 6) is 0. The molecule has 1 heterocycles. The van der Waals surface area contributed by atoms with Crippen LogP contribution in [0.3, 0.4) is 0 Å². The molecule has 1 aromatic heterocycles. The average molecular weight is 363 g/mol. The molecule has 2 rings (SSSR count). The van der Waals surface area contributed by atoms with Crippen molar-refractivity contribution in [1.82, 2.24) is 15.0 Å². The largest absolute Gasteiger partial charge is 0.324 e. The van der Waals surface area contributed by atoms with Crippen molar-refractivity contribution in [1.29, 1.82) is 0 Å². The van der Waals surface area contributed by atoms with E-state index in [4.69, 9.17) is 17.3 Å². The van der Waals surface area contributed by atoms with Crippen LogP contribution in [0.25, 0.3) is 0 Å². The van der Waals surface area contributed by atoms with Gasteiger partial charge in [-0.1, -0.05) is 22.9 Å². The van der Waals surface area contributed by atoms with Gasteiger partial charge in [0.25, 0.3) is 0 Å². The highest BCUT2D eigenvalue weighted by atomic mass is 127. The molecule has 0 saturated heterocycles. The second-order valence-electron chi connectivity index (χ2n) is 3.87. The average Bonchev–Trinajstić information content (AvgIpc) is 2.68. The van der Waals surface area contributed by atoms with E-state index in [0.717, 1.165) is 19.9 Å². The minimum Gasteiger partial charge on any atom is -0.324 e. The molecular weight excluding hydrogens is 351 g/mol. The summed E-state index contributed by atoms with van der Waals surface area (Å²) >= 11 is 8.26. The Morgan fingerprint density at radius 1 is 1.53 bits per heavy atom. The SMILES string of the molecule is Cn1cc(CC(N)c2ccc(I)c(Cl)c2)nn1. The maximum atomic E-state index is 6.12. The lowest BCUT2D eigenvalue weighted by atomic mass is 10.0. The summed E-state index contributed by atoms with van der Waals surface area (Å²) in [7, 11) is 1.84. The molecule has 0 bridgehead atoms. The van der Waals surface area contributed by atoms with Gasteiger partial charge in [-0.05, 0) is 40.3 Å². The second kappa shape index (κ2) is 5.32. The van der Waals surface area contributed by atoms with Crippen LogP contribution < -0.4 is 5.73 Å². The number of rotatable bonds is 3. The fraction of sp³-hybridized carbons (Fsp3) is 0.273. The normalized spacial score (nSPS) is 12.7. The lowest BCUT2D eigenvalue weighted by molar-refractivity contribution is 0.694. The number of hydrogen-bond acceptors (Lipinski definition) is 3. The summed E-state index contributed by atoms with van der Waals surface area (Å²) in [6, 6.07) is 5.76. The van der Waals surface area contributed by atoms with Gasteiger partial charge in [-0.2, -0.15) is 0 Å². The third-order valence-electron chi connectivity index (χ3n) is 2.45. The van der Waals surface area contributed by atoms with Gasteiger partial charge in [-0.15, -0.1) is 5.10 Å². The number of nitrogens with zero attached hydrogens (tertiary/aromatic N) is 3. The van der Waals surface area contributed by atoms with Crippen LogP contribution in [0.1, 0.15) is 17.3 Å². The van der Waals surface area contributed by atoms with Gasteiger partial charge in [0, 0.05) is 29.3 Å². The lowest BCUT2D eigenvalue weighted by Gasteiger charge is -2.11. The Morgan fingerprint density at radius 2 is 2.29 bits per heavy atom. The minimum absolute atomic E-state index is 0.110. The molecule has 1 unspecified atom stereocenters. The van der Waals surface area contributed by atoms with Crippen LogP contribution >= 0.6 is 34.2 Å². The molecule has 0 saturated carbocycles. The molecule has 4 nitrogen and oxygen atoms in total. The number of aryl methyl sites for hydroxylation is 1. The van der Waals surface area contributed by atoms with Crippen LogP contribution in [0.4, 0.5) is 0 Å². The van der Waals surface area contributed by atoms with Crippen LogP contribution in [-0.2, 0) is 13.5 Å². The van der Waals surface area contributed by atoms with Crippen LogP contribution in [0.15, 0.2) is 24.4 Å². The fourth-order valence-electron chi connectivity index (χ4n) is 1.58. The van der Waals surface area contributed by atoms with E-state index in [1.165, 1.54) is 0 Å². The highest BCUT2D eigenvalue weighted by Gasteiger charge is 2.10. The van der Waals surface area contributed by atoms with Crippen molar-refractivity contribution in [2.45, 2.75) is 12.5 Å². The molecule has 1 aromatic carbocycles. The monoisotopic (exact) mass is 362 g/mol. The smallest absolute Gasteiger partial charge is 0.0845 e. The summed E-state index contributed by atoms with van der Waals surface area (Å²) in [5, 5.41) is 8.63. The zero-order valence-electron chi connectivity index (χ0n) is 9.27. The predicted molar refractivity (Wildman–Crippen MR) is 75.8 cm³/mol. The Balaban J connectivity index is 2.14. The highest BCUT2D eigenvalue weighted by Crippen LogP contribution is 2.23. The first kappa shape index (κ1) is 12.8. The van der Waals surface area contributed by atoms with Crippen LogP contribution in [0.2, 0.25) is 5.02 Å². The molecule has 17 heavy (non-hydrogen) atoms. The number of hydrogen-bond donors (Lipinski definition) is 1. The summed E-state index contributed by atoms with van der Waals surface area (Å²) in [6.07, 6.45) is 2.53. The minimum atomic E-state index is -0.110. The molecule has 2 N–H and O–H groups in total. The molecule has 0 aliphatic heterocycles. The quantitative estimate of drug-likeness (QED) is 0.853. The zero-order valence-corrected chi connectivity index (χ0v) is 12.2. The van der Waals surface area contributed by atoms with Gasteiger partial charge in [0.15, 0.2) is 0 Å². The van der Waals surface area contributed by atoms with Crippen molar-refractivity contribution < 1.29 is 0 Å². The third kappa shape index (κ3) is 3.17. The topological polar surface area (TPSA) is 56.7 Å². The van der Waals surface area contributed by atoms with Gasteiger partial charge in [0.2, 0.25) is 0 Å². The molecule has 6 heteroatoms. The van der Waals surface area contributed by atoms with E-state index in [1.54, 1.807) is 4.68 Å². The van der Waals surface area contributed by atoms with Crippen molar-refractivity contribution in [2.75, 3.05) is 0 Å². The van der Waals surface area contributed by atoms with E-state index in [-0.39, 0.29) is 6.04 Å². The molecule has 90 valence electrons. The Kier molecular flexibility index (Phi) is 4.01. The molecule has 0 radical (unpaired) electrons. The predicted octanol–water partition coefficient (Wildman–Crippen LogP) is 2.32. The van der Waals surface area contributed by atoms with E-state index in [0.29, 0.717) is 6.42 Å². The molecular formula is C11H12ClIN4. The number of benzene rings is 1. The third-order valence-corrected chi connectivity index (χ3v) is 4.02. The maximum Gasteiger partial charge on any atom is 0.0845 e. The maximum absolute atomic E-state index is 6.12. The highest BCUT2D eigenvalue weighted by molar-refractivity contribution is 14.1. The lowest BCUT2D eigenvalue weighted by Crippen LogP contribution is -2.13. The van der Waals surface area contributed by atoms with E-state index in [2.05, 4.69) is 32.9 Å². The van der Waals surface area contributed by atoms with Crippen LogP contribution in [0.5, 0.6) is 0 Å². The Morgan fingerprint density at radius 3 is 2.88 bits per heavy atom. The zero-order chi connectivity index (χ0) is 12.4. The van der Waals surface area contributed by atoms with E-state index in [9.17, 15) is 0 Å². The van der Waals surface area contributed by atoms with Crippen LogP contribution in [-0.4, -0.2) is 15.0 Å². The van der Waals surface area contributed by atoms with Gasteiger partial charge in [-0.3, -0.25) is 4.68 Å². The Bertz CT molecular complexity index is 526. The number of halogens is 2. The van der Waals surface area contributed by atoms with Crippen molar-refractivity contribution in [3.63, 3.8) is 0 Å². The number of aromatic nitrogens is 3. The van der Waals surface area contributed by atoms with Gasteiger partial charge in [-0.25, -0.2) is 0 Å². The van der Waals surface area contributed by atoms with E-state index >= 15 is 0 Å². The first-order valence-electron chi connectivity index (χ1n) is 5.12. The van der Waals surface area contributed by atoms with Crippen molar-refractivity contribution >= 4 is 34.2 Å². The van der Waals surface area contributed by atoms with Crippen molar-refractivity contribution in [2.24, 2.45) is 12.8 Å².